The lowest BCUT2D eigenvalue weighted by Crippen LogP contribution is -2.59. The Labute approximate surface area is 430 Å². The van der Waals surface area contributed by atoms with Crippen LogP contribution in [0.5, 0.6) is 0 Å². The molecule has 22 heteroatoms. The van der Waals surface area contributed by atoms with Gasteiger partial charge in [0.15, 0.2) is 0 Å². The summed E-state index contributed by atoms with van der Waals surface area (Å²) in [7, 11) is 1.68. The topological polar surface area (TPSA) is 238 Å². The fourth-order valence-corrected chi connectivity index (χ4v) is 10.6. The van der Waals surface area contributed by atoms with Crippen LogP contribution in [-0.2, 0) is 44.4 Å². The number of carbonyl (C=O) groups is 6. The van der Waals surface area contributed by atoms with E-state index in [1.807, 2.05) is 11.0 Å². The van der Waals surface area contributed by atoms with E-state index in [1.165, 1.54) is 12.4 Å². The van der Waals surface area contributed by atoms with Crippen LogP contribution in [0.25, 0.3) is 10.9 Å². The molecular weight excluding hydrogens is 964 g/mol. The molecule has 2 saturated carbocycles. The number of pyridine rings is 1. The average molecular weight is 1040 g/mol. The molecule has 0 unspecified atom stereocenters. The van der Waals surface area contributed by atoms with E-state index < -0.39 is 23.7 Å². The molecule has 74 heavy (non-hydrogen) atoms. The van der Waals surface area contributed by atoms with E-state index in [1.54, 1.807) is 30.4 Å². The van der Waals surface area contributed by atoms with Crippen LogP contribution in [-0.4, -0.2) is 150 Å². The first kappa shape index (κ1) is 55.7. The minimum absolute atomic E-state index is 0.0635. The van der Waals surface area contributed by atoms with Gasteiger partial charge < -0.3 is 51.2 Å². The lowest BCUT2D eigenvalue weighted by atomic mass is 9.83. The quantitative estimate of drug-likeness (QED) is 0.0696. The largest absolute Gasteiger partial charge is 0.416 e. The highest BCUT2D eigenvalue weighted by Crippen LogP contribution is 2.37. The van der Waals surface area contributed by atoms with Crippen LogP contribution in [0.1, 0.15) is 108 Å². The molecule has 0 radical (unpaired) electrons. The third-order valence-electron chi connectivity index (χ3n) is 14.6. The third kappa shape index (κ3) is 15.3. The van der Waals surface area contributed by atoms with Crippen molar-refractivity contribution in [2.75, 3.05) is 65.0 Å². The van der Waals surface area contributed by atoms with E-state index >= 15 is 0 Å². The maximum Gasteiger partial charge on any atom is 0.416 e. The predicted octanol–water partition coefficient (Wildman–Crippen LogP) is 4.04. The van der Waals surface area contributed by atoms with Crippen LogP contribution in [0.3, 0.4) is 0 Å². The summed E-state index contributed by atoms with van der Waals surface area (Å²) in [4.78, 5) is 94.2. The molecule has 4 aliphatic rings. The molecule has 0 bridgehead atoms. The van der Waals surface area contributed by atoms with Gasteiger partial charge in [0, 0.05) is 81.7 Å². The number of rotatable bonds is 24. The SMILES string of the molecule is CC(C)CN[C@@H]1CC[C@H](N2CC[C@H](Nc3ncnc4ccc(C(F)(F)F)cc34)C2=O)[C@H](NC(=O)C2CCC(NC(=O)CCOCCOCCNC(=O)CCCNC(=O)[C@H]3CC(=O)N(C)[C@@H]3c3cccnc3)CC2)C1. The van der Waals surface area contributed by atoms with Gasteiger partial charge in [-0.25, -0.2) is 9.97 Å². The fourth-order valence-electron chi connectivity index (χ4n) is 10.6. The number of hydrogen-bond donors (Lipinski definition) is 6. The Morgan fingerprint density at radius 3 is 2.35 bits per heavy atom. The van der Waals surface area contributed by atoms with E-state index in [4.69, 9.17) is 9.47 Å². The van der Waals surface area contributed by atoms with Crippen molar-refractivity contribution in [3.63, 3.8) is 0 Å². The first-order valence-corrected chi connectivity index (χ1v) is 26.1. The molecule has 2 saturated heterocycles. The molecule has 4 fully saturated rings. The Balaban J connectivity index is 0.754. The summed E-state index contributed by atoms with van der Waals surface area (Å²) >= 11 is 0. The van der Waals surface area contributed by atoms with Gasteiger partial charge in [0.1, 0.15) is 18.2 Å². The molecule has 7 rings (SSSR count). The number of carbonyl (C=O) groups excluding carboxylic acids is 6. The number of hydrogen-bond acceptors (Lipinski definition) is 13. The number of aromatic nitrogens is 3. The Hall–Kier alpha value is -6.00. The lowest BCUT2D eigenvalue weighted by Gasteiger charge is -2.42. The van der Waals surface area contributed by atoms with E-state index in [2.05, 4.69) is 60.7 Å². The van der Waals surface area contributed by atoms with Gasteiger partial charge in [-0.3, -0.25) is 33.8 Å². The van der Waals surface area contributed by atoms with E-state index in [0.29, 0.717) is 82.4 Å². The van der Waals surface area contributed by atoms with Crippen LogP contribution in [0.15, 0.2) is 49.1 Å². The Kier molecular flexibility index (Phi) is 19.9. The summed E-state index contributed by atoms with van der Waals surface area (Å²) in [5.41, 5.74) is 0.297. The summed E-state index contributed by atoms with van der Waals surface area (Å²) in [6.45, 7) is 7.19. The number of ether oxygens (including phenoxy) is 2. The third-order valence-corrected chi connectivity index (χ3v) is 14.6. The minimum Gasteiger partial charge on any atom is -0.379 e. The summed E-state index contributed by atoms with van der Waals surface area (Å²) < 4.78 is 51.9. The lowest BCUT2D eigenvalue weighted by molar-refractivity contribution is -0.137. The van der Waals surface area contributed by atoms with Crippen LogP contribution in [0.4, 0.5) is 19.0 Å². The van der Waals surface area contributed by atoms with Crippen LogP contribution >= 0.6 is 0 Å². The van der Waals surface area contributed by atoms with Gasteiger partial charge >= 0.3 is 6.18 Å². The highest BCUT2D eigenvalue weighted by molar-refractivity contribution is 5.94. The highest BCUT2D eigenvalue weighted by Gasteiger charge is 2.44. The number of alkyl halides is 3. The molecule has 19 nitrogen and oxygen atoms in total. The monoisotopic (exact) mass is 1040 g/mol. The number of fused-ring (bicyclic) bond motifs is 1. The standard InChI is InChI=1S/C52H72F3N11O8/c1-32(2)29-59-37-13-15-43(66-21-16-41(51(66)72)63-48-38-26-35(52(53,54)55)10-14-40(38)60-31-61-48)42(27-37)64-49(70)33-8-11-36(12-9-33)62-45(68)17-22-73-24-25-74-23-20-57-44(67)7-5-19-58-50(71)39-28-46(69)65(3)47(39)34-6-4-18-56-30-34/h4,6,10,14,18,26,30-33,36-37,39,41-43,47,59H,5,7-9,11-13,15-17,19-25,27-29H2,1-3H3,(H,57,67)(H,58,71)(H,62,68)(H,64,70)(H,60,61,63)/t33?,36?,37-,39+,41+,42-,43+,47-/m1/s1. The minimum atomic E-state index is -4.55. The molecule has 2 aromatic heterocycles. The number of anilines is 1. The molecule has 3 aromatic rings. The molecule has 404 valence electrons. The Morgan fingerprint density at radius 2 is 1.61 bits per heavy atom. The normalized spacial score (nSPS) is 24.3. The maximum atomic E-state index is 14.0. The molecule has 4 heterocycles. The highest BCUT2D eigenvalue weighted by atomic mass is 19.4. The molecule has 2 aliphatic heterocycles. The van der Waals surface area contributed by atoms with Crippen molar-refractivity contribution >= 4 is 52.2 Å². The average Bonchev–Trinajstić information content (AvgIpc) is 3.89. The van der Waals surface area contributed by atoms with Crippen molar-refractivity contribution in [3.05, 3.63) is 60.2 Å². The first-order chi connectivity index (χ1) is 35.5. The predicted molar refractivity (Wildman–Crippen MR) is 268 cm³/mol. The molecule has 6 N–H and O–H groups in total. The molecule has 6 amide bonds. The second-order valence-electron chi connectivity index (χ2n) is 20.3. The first-order valence-electron chi connectivity index (χ1n) is 26.1. The molecule has 1 aromatic carbocycles. The summed E-state index contributed by atoms with van der Waals surface area (Å²) in [6, 6.07) is 5.32. The fraction of sp³-hybridized carbons (Fsp3) is 0.635. The van der Waals surface area contributed by atoms with Gasteiger partial charge in [-0.15, -0.1) is 0 Å². The van der Waals surface area contributed by atoms with Crippen molar-refractivity contribution in [2.45, 2.75) is 133 Å². The van der Waals surface area contributed by atoms with Gasteiger partial charge in [-0.1, -0.05) is 19.9 Å². The smallest absolute Gasteiger partial charge is 0.379 e. The molecule has 6 atom stereocenters. The van der Waals surface area contributed by atoms with E-state index in [-0.39, 0.29) is 128 Å². The second-order valence-corrected chi connectivity index (χ2v) is 20.3. The van der Waals surface area contributed by atoms with E-state index in [0.717, 1.165) is 30.7 Å². The van der Waals surface area contributed by atoms with Crippen molar-refractivity contribution in [1.29, 1.82) is 0 Å². The van der Waals surface area contributed by atoms with Crippen molar-refractivity contribution < 1.29 is 51.4 Å². The number of amides is 6. The van der Waals surface area contributed by atoms with Crippen molar-refractivity contribution in [1.82, 2.24) is 51.3 Å². The number of nitrogens with one attached hydrogen (secondary N) is 6. The number of halogens is 3. The molecular formula is C52H72F3N11O8. The second kappa shape index (κ2) is 26.5. The Bertz CT molecular complexity index is 2390. The van der Waals surface area contributed by atoms with Crippen molar-refractivity contribution in [3.8, 4) is 0 Å². The zero-order valence-corrected chi connectivity index (χ0v) is 42.6. The van der Waals surface area contributed by atoms with Gasteiger partial charge in [0.05, 0.1) is 61.6 Å². The van der Waals surface area contributed by atoms with Crippen LogP contribution in [0, 0.1) is 17.8 Å². The van der Waals surface area contributed by atoms with Crippen LogP contribution < -0.4 is 31.9 Å². The maximum absolute atomic E-state index is 14.0. The van der Waals surface area contributed by atoms with Gasteiger partial charge in [0.2, 0.25) is 35.4 Å². The number of likely N-dealkylation sites (tertiary alicyclic amines) is 2. The van der Waals surface area contributed by atoms with E-state index in [9.17, 15) is 41.9 Å². The van der Waals surface area contributed by atoms with Gasteiger partial charge in [-0.05, 0) is 100 Å². The van der Waals surface area contributed by atoms with Crippen LogP contribution in [0.2, 0.25) is 0 Å². The Morgan fingerprint density at radius 1 is 0.838 bits per heavy atom. The number of benzene rings is 1. The summed E-state index contributed by atoms with van der Waals surface area (Å²) in [5.74, 6) is -1.07. The summed E-state index contributed by atoms with van der Waals surface area (Å²) in [5, 5.41) is 19.0. The van der Waals surface area contributed by atoms with Gasteiger partial charge in [-0.2, -0.15) is 13.2 Å². The van der Waals surface area contributed by atoms with Gasteiger partial charge in [0.25, 0.3) is 0 Å². The van der Waals surface area contributed by atoms with Crippen molar-refractivity contribution in [2.24, 2.45) is 17.8 Å². The summed E-state index contributed by atoms with van der Waals surface area (Å²) in [6.07, 6.45) is 6.02. The molecule has 0 spiro atoms. The molecule has 2 aliphatic carbocycles. The zero-order chi connectivity index (χ0) is 52.8. The zero-order valence-electron chi connectivity index (χ0n) is 42.6. The number of nitrogens with zero attached hydrogens (tertiary/aromatic N) is 5.